The van der Waals surface area contributed by atoms with Gasteiger partial charge in [0.25, 0.3) is 0 Å². The lowest BCUT2D eigenvalue weighted by atomic mass is 9.68. The van der Waals surface area contributed by atoms with Gasteiger partial charge >= 0.3 is 0 Å². The molecule has 0 bridgehead atoms. The highest BCUT2D eigenvalue weighted by Gasteiger charge is 2.41. The van der Waals surface area contributed by atoms with E-state index < -0.39 is 5.92 Å². The second kappa shape index (κ2) is 6.46. The van der Waals surface area contributed by atoms with E-state index in [9.17, 15) is 14.7 Å². The molecule has 5 unspecified atom stereocenters. The van der Waals surface area contributed by atoms with Crippen molar-refractivity contribution < 1.29 is 14.7 Å². The lowest BCUT2D eigenvalue weighted by molar-refractivity contribution is -0.142. The summed E-state index contributed by atoms with van der Waals surface area (Å²) >= 11 is 0. The number of rotatable bonds is 3. The van der Waals surface area contributed by atoms with Crippen LogP contribution in [0.25, 0.3) is 0 Å². The molecule has 1 aliphatic rings. The van der Waals surface area contributed by atoms with Crippen molar-refractivity contribution in [2.24, 2.45) is 29.6 Å². The molecule has 18 heavy (non-hydrogen) atoms. The third-order valence-corrected chi connectivity index (χ3v) is 4.68. The van der Waals surface area contributed by atoms with Gasteiger partial charge < -0.3 is 5.11 Å². The Morgan fingerprint density at radius 2 is 1.67 bits per heavy atom. The molecule has 0 aromatic heterocycles. The Labute approximate surface area is 110 Å². The minimum Gasteiger partial charge on any atom is -0.396 e. The minimum absolute atomic E-state index is 0.00417. The zero-order valence-electron chi connectivity index (χ0n) is 12.0. The number of carbonyl (C=O) groups is 2. The Morgan fingerprint density at radius 3 is 2.11 bits per heavy atom. The molecule has 5 atom stereocenters. The molecule has 1 N–H and O–H groups in total. The highest BCUT2D eigenvalue weighted by atomic mass is 16.3. The van der Waals surface area contributed by atoms with Crippen LogP contribution >= 0.6 is 0 Å². The molecular weight excluding hydrogens is 228 g/mol. The van der Waals surface area contributed by atoms with Crippen molar-refractivity contribution in [1.29, 1.82) is 0 Å². The predicted octanol–water partition coefficient (Wildman–Crippen LogP) is 2.46. The molecule has 0 heterocycles. The molecule has 104 valence electrons. The second-order valence-corrected chi connectivity index (χ2v) is 5.70. The topological polar surface area (TPSA) is 54.4 Å². The maximum atomic E-state index is 12.4. The smallest absolute Gasteiger partial charge is 0.142 e. The van der Waals surface area contributed by atoms with Crippen LogP contribution in [0.4, 0.5) is 0 Å². The van der Waals surface area contributed by atoms with Gasteiger partial charge in [-0.15, -0.1) is 0 Å². The van der Waals surface area contributed by atoms with Crippen LogP contribution in [0.1, 0.15) is 47.0 Å². The average Bonchev–Trinajstić information content (AvgIpc) is 2.38. The quantitative estimate of drug-likeness (QED) is 0.841. The van der Waals surface area contributed by atoms with Crippen LogP contribution in [-0.2, 0) is 9.59 Å². The predicted molar refractivity (Wildman–Crippen MR) is 71.1 cm³/mol. The fourth-order valence-corrected chi connectivity index (χ4v) is 3.33. The van der Waals surface area contributed by atoms with Gasteiger partial charge in [0.1, 0.15) is 11.6 Å². The largest absolute Gasteiger partial charge is 0.396 e. The van der Waals surface area contributed by atoms with Crippen LogP contribution in [-0.4, -0.2) is 23.3 Å². The molecule has 0 spiro atoms. The van der Waals surface area contributed by atoms with E-state index in [-0.39, 0.29) is 41.8 Å². The molecule has 1 rings (SSSR count). The van der Waals surface area contributed by atoms with Gasteiger partial charge in [-0.3, -0.25) is 9.59 Å². The van der Waals surface area contributed by atoms with Crippen molar-refractivity contribution in [3.63, 3.8) is 0 Å². The standard InChI is InChI=1S/C15H26O3/c1-5-11-7-9(3)14(17)12(6-2)13(8-16)15(18)10(11)4/h9-13,16H,5-8H2,1-4H3. The van der Waals surface area contributed by atoms with Gasteiger partial charge in [0.15, 0.2) is 0 Å². The van der Waals surface area contributed by atoms with Gasteiger partial charge in [-0.05, 0) is 18.8 Å². The maximum absolute atomic E-state index is 12.4. The third kappa shape index (κ3) is 2.82. The maximum Gasteiger partial charge on any atom is 0.142 e. The first-order valence-electron chi connectivity index (χ1n) is 7.16. The first-order chi connectivity index (χ1) is 8.47. The van der Waals surface area contributed by atoms with Gasteiger partial charge in [0.2, 0.25) is 0 Å². The fourth-order valence-electron chi connectivity index (χ4n) is 3.33. The SMILES string of the molecule is CCC1CC(C)C(=O)C(CC)C(CO)C(=O)C1C. The molecule has 3 heteroatoms. The van der Waals surface area contributed by atoms with E-state index in [1.165, 1.54) is 0 Å². The molecule has 0 amide bonds. The molecule has 1 aliphatic carbocycles. The molecular formula is C15H26O3. The zero-order chi connectivity index (χ0) is 13.9. The van der Waals surface area contributed by atoms with E-state index in [2.05, 4.69) is 6.92 Å². The summed E-state index contributed by atoms with van der Waals surface area (Å²) < 4.78 is 0. The summed E-state index contributed by atoms with van der Waals surface area (Å²) in [6.45, 7) is 7.71. The highest BCUT2D eigenvalue weighted by Crippen LogP contribution is 2.35. The number of aliphatic hydroxyl groups is 1. The van der Waals surface area contributed by atoms with Crippen LogP contribution in [0.2, 0.25) is 0 Å². The number of ketones is 2. The van der Waals surface area contributed by atoms with Gasteiger partial charge in [0, 0.05) is 17.8 Å². The monoisotopic (exact) mass is 254 g/mol. The van der Waals surface area contributed by atoms with E-state index in [0.29, 0.717) is 6.42 Å². The van der Waals surface area contributed by atoms with Gasteiger partial charge in [-0.25, -0.2) is 0 Å². The van der Waals surface area contributed by atoms with Crippen molar-refractivity contribution in [2.45, 2.75) is 47.0 Å². The molecule has 1 fully saturated rings. The van der Waals surface area contributed by atoms with E-state index in [1.54, 1.807) is 0 Å². The summed E-state index contributed by atoms with van der Waals surface area (Å²) in [7, 11) is 0. The van der Waals surface area contributed by atoms with Crippen LogP contribution < -0.4 is 0 Å². The average molecular weight is 254 g/mol. The Balaban J connectivity index is 3.08. The molecule has 1 saturated carbocycles. The Kier molecular flexibility index (Phi) is 5.51. The number of aliphatic hydroxyl groups excluding tert-OH is 1. The van der Waals surface area contributed by atoms with Crippen molar-refractivity contribution in [3.8, 4) is 0 Å². The molecule has 0 aromatic carbocycles. The van der Waals surface area contributed by atoms with E-state index >= 15 is 0 Å². The number of hydrogen-bond donors (Lipinski definition) is 1. The molecule has 0 aliphatic heterocycles. The molecule has 0 saturated heterocycles. The Bertz CT molecular complexity index is 311. The number of Topliss-reactive ketones (excluding diaryl/α,β-unsaturated/α-hetero) is 2. The van der Waals surface area contributed by atoms with Crippen molar-refractivity contribution in [3.05, 3.63) is 0 Å². The second-order valence-electron chi connectivity index (χ2n) is 5.70. The first kappa shape index (κ1) is 15.4. The fraction of sp³-hybridized carbons (Fsp3) is 0.867. The van der Waals surface area contributed by atoms with Crippen LogP contribution in [0.15, 0.2) is 0 Å². The van der Waals surface area contributed by atoms with Crippen molar-refractivity contribution >= 4 is 11.6 Å². The highest BCUT2D eigenvalue weighted by molar-refractivity contribution is 5.92. The summed E-state index contributed by atoms with van der Waals surface area (Å²) in [5.41, 5.74) is 0. The minimum atomic E-state index is -0.491. The number of hydrogen-bond acceptors (Lipinski definition) is 3. The van der Waals surface area contributed by atoms with Crippen LogP contribution in [0.3, 0.4) is 0 Å². The van der Waals surface area contributed by atoms with E-state index in [1.807, 2.05) is 20.8 Å². The molecule has 3 nitrogen and oxygen atoms in total. The Hall–Kier alpha value is -0.700. The molecule has 0 aromatic rings. The summed E-state index contributed by atoms with van der Waals surface area (Å²) in [6, 6.07) is 0. The normalized spacial score (nSPS) is 38.4. The van der Waals surface area contributed by atoms with Crippen molar-refractivity contribution in [1.82, 2.24) is 0 Å². The summed E-state index contributed by atoms with van der Waals surface area (Å²) in [4.78, 5) is 24.8. The molecule has 0 radical (unpaired) electrons. The van der Waals surface area contributed by atoms with Crippen LogP contribution in [0, 0.1) is 29.6 Å². The lowest BCUT2D eigenvalue weighted by Gasteiger charge is -2.34. The summed E-state index contributed by atoms with van der Waals surface area (Å²) in [5, 5.41) is 9.49. The lowest BCUT2D eigenvalue weighted by Crippen LogP contribution is -2.42. The van der Waals surface area contributed by atoms with Crippen LogP contribution in [0.5, 0.6) is 0 Å². The zero-order valence-corrected chi connectivity index (χ0v) is 12.0. The van der Waals surface area contributed by atoms with Crippen molar-refractivity contribution in [2.75, 3.05) is 6.61 Å². The third-order valence-electron chi connectivity index (χ3n) is 4.68. The first-order valence-corrected chi connectivity index (χ1v) is 7.16. The van der Waals surface area contributed by atoms with E-state index in [0.717, 1.165) is 12.8 Å². The number of carbonyl (C=O) groups excluding carboxylic acids is 2. The van der Waals surface area contributed by atoms with Gasteiger partial charge in [0.05, 0.1) is 12.5 Å². The van der Waals surface area contributed by atoms with Gasteiger partial charge in [-0.2, -0.15) is 0 Å². The van der Waals surface area contributed by atoms with E-state index in [4.69, 9.17) is 0 Å². The van der Waals surface area contributed by atoms with Gasteiger partial charge in [-0.1, -0.05) is 34.1 Å². The summed E-state index contributed by atoms with van der Waals surface area (Å²) in [6.07, 6.45) is 2.36. The Morgan fingerprint density at radius 1 is 1.06 bits per heavy atom. The summed E-state index contributed by atoms with van der Waals surface area (Å²) in [5.74, 6) is -0.316.